The number of hydrogen-bond acceptors (Lipinski definition) is 1. The van der Waals surface area contributed by atoms with Crippen molar-refractivity contribution in [3.63, 3.8) is 0 Å². The van der Waals surface area contributed by atoms with Crippen molar-refractivity contribution >= 4 is 5.91 Å². The first-order valence-electron chi connectivity index (χ1n) is 4.34. The summed E-state index contributed by atoms with van der Waals surface area (Å²) in [6.45, 7) is 0. The van der Waals surface area contributed by atoms with Gasteiger partial charge in [-0.25, -0.2) is 8.78 Å². The topological polar surface area (TPSA) is 43.1 Å². The van der Waals surface area contributed by atoms with Gasteiger partial charge in [-0.2, -0.15) is 0 Å². The predicted octanol–water partition coefficient (Wildman–Crippen LogP) is 1.55. The van der Waals surface area contributed by atoms with Gasteiger partial charge in [0, 0.05) is 5.92 Å². The molecule has 1 fully saturated rings. The van der Waals surface area contributed by atoms with Gasteiger partial charge in [0.15, 0.2) is 11.6 Å². The number of amides is 1. The van der Waals surface area contributed by atoms with E-state index < -0.39 is 11.6 Å². The average molecular weight is 197 g/mol. The lowest BCUT2D eigenvalue weighted by atomic mass is 10.1. The first kappa shape index (κ1) is 9.12. The molecule has 4 heteroatoms. The number of nitrogens with two attached hydrogens (primary N) is 1. The SMILES string of the molecule is NC(=O)[C@@H]1CC1c1ccc(F)c(F)c1. The maximum atomic E-state index is 12.8. The molecule has 74 valence electrons. The molecule has 0 aromatic heterocycles. The Bertz CT molecular complexity index is 392. The second-order valence-corrected chi connectivity index (χ2v) is 3.52. The van der Waals surface area contributed by atoms with Gasteiger partial charge >= 0.3 is 0 Å². The van der Waals surface area contributed by atoms with E-state index in [1.54, 1.807) is 0 Å². The third-order valence-corrected chi connectivity index (χ3v) is 2.53. The van der Waals surface area contributed by atoms with Crippen LogP contribution in [0, 0.1) is 17.6 Å². The Balaban J connectivity index is 2.20. The molecular weight excluding hydrogens is 188 g/mol. The second kappa shape index (κ2) is 3.04. The molecule has 2 atom stereocenters. The number of carbonyl (C=O) groups is 1. The monoisotopic (exact) mass is 197 g/mol. The van der Waals surface area contributed by atoms with Gasteiger partial charge in [0.1, 0.15) is 0 Å². The van der Waals surface area contributed by atoms with E-state index in [0.717, 1.165) is 12.1 Å². The molecule has 1 amide bonds. The quantitative estimate of drug-likeness (QED) is 0.768. The molecule has 2 nitrogen and oxygen atoms in total. The number of halogens is 2. The molecule has 2 rings (SSSR count). The highest BCUT2D eigenvalue weighted by molar-refractivity contribution is 5.81. The Hall–Kier alpha value is -1.45. The minimum Gasteiger partial charge on any atom is -0.369 e. The van der Waals surface area contributed by atoms with E-state index in [0.29, 0.717) is 12.0 Å². The minimum atomic E-state index is -0.877. The Morgan fingerprint density at radius 1 is 1.36 bits per heavy atom. The Morgan fingerprint density at radius 2 is 2.07 bits per heavy atom. The van der Waals surface area contributed by atoms with Gasteiger partial charge in [0.2, 0.25) is 5.91 Å². The van der Waals surface area contributed by atoms with E-state index in [9.17, 15) is 13.6 Å². The molecule has 2 N–H and O–H groups in total. The van der Waals surface area contributed by atoms with E-state index in [-0.39, 0.29) is 17.7 Å². The average Bonchev–Trinajstić information content (AvgIpc) is 2.89. The highest BCUT2D eigenvalue weighted by Crippen LogP contribution is 2.47. The molecule has 0 heterocycles. The van der Waals surface area contributed by atoms with E-state index in [2.05, 4.69) is 0 Å². The molecule has 1 aromatic rings. The van der Waals surface area contributed by atoms with Crippen molar-refractivity contribution in [1.29, 1.82) is 0 Å². The molecule has 1 aliphatic carbocycles. The number of hydrogen-bond donors (Lipinski definition) is 1. The van der Waals surface area contributed by atoms with Gasteiger partial charge in [-0.05, 0) is 30.0 Å². The first-order valence-corrected chi connectivity index (χ1v) is 4.34. The number of benzene rings is 1. The zero-order valence-electron chi connectivity index (χ0n) is 7.34. The second-order valence-electron chi connectivity index (χ2n) is 3.52. The lowest BCUT2D eigenvalue weighted by Crippen LogP contribution is -2.13. The molecular formula is C10H9F2NO. The zero-order valence-corrected chi connectivity index (χ0v) is 7.34. The summed E-state index contributed by atoms with van der Waals surface area (Å²) < 4.78 is 25.4. The third kappa shape index (κ3) is 1.47. The van der Waals surface area contributed by atoms with Crippen LogP contribution in [0.25, 0.3) is 0 Å². The number of rotatable bonds is 2. The van der Waals surface area contributed by atoms with Crippen LogP contribution in [0.2, 0.25) is 0 Å². The van der Waals surface area contributed by atoms with Crippen molar-refractivity contribution in [2.45, 2.75) is 12.3 Å². The van der Waals surface area contributed by atoms with Gasteiger partial charge in [0.05, 0.1) is 0 Å². The van der Waals surface area contributed by atoms with Crippen LogP contribution in [0.3, 0.4) is 0 Å². The maximum Gasteiger partial charge on any atom is 0.221 e. The van der Waals surface area contributed by atoms with Crippen molar-refractivity contribution < 1.29 is 13.6 Å². The molecule has 1 aliphatic rings. The number of primary amides is 1. The normalized spacial score (nSPS) is 24.7. The van der Waals surface area contributed by atoms with Crippen LogP contribution < -0.4 is 5.73 Å². The summed E-state index contributed by atoms with van der Waals surface area (Å²) in [7, 11) is 0. The van der Waals surface area contributed by atoms with Crippen LogP contribution in [-0.4, -0.2) is 5.91 Å². The smallest absolute Gasteiger partial charge is 0.221 e. The summed E-state index contributed by atoms with van der Waals surface area (Å²) in [4.78, 5) is 10.8. The van der Waals surface area contributed by atoms with Crippen molar-refractivity contribution in [2.75, 3.05) is 0 Å². The van der Waals surface area contributed by atoms with Crippen molar-refractivity contribution in [1.82, 2.24) is 0 Å². The summed E-state index contributed by atoms with van der Waals surface area (Å²) in [5.41, 5.74) is 5.73. The molecule has 14 heavy (non-hydrogen) atoms. The summed E-state index contributed by atoms with van der Waals surface area (Å²) in [5.74, 6) is -2.36. The van der Waals surface area contributed by atoms with E-state index in [4.69, 9.17) is 5.73 Å². The third-order valence-electron chi connectivity index (χ3n) is 2.53. The minimum absolute atomic E-state index is 0.0254. The summed E-state index contributed by atoms with van der Waals surface area (Å²) in [5, 5.41) is 0. The van der Waals surface area contributed by atoms with Crippen molar-refractivity contribution in [3.05, 3.63) is 35.4 Å². The molecule has 1 saturated carbocycles. The highest BCUT2D eigenvalue weighted by atomic mass is 19.2. The van der Waals surface area contributed by atoms with Gasteiger partial charge < -0.3 is 5.73 Å². The molecule has 1 unspecified atom stereocenters. The Kier molecular flexibility index (Phi) is 1.98. The molecule has 0 saturated heterocycles. The van der Waals surface area contributed by atoms with Crippen LogP contribution >= 0.6 is 0 Å². The van der Waals surface area contributed by atoms with Crippen LogP contribution in [0.15, 0.2) is 18.2 Å². The fourth-order valence-electron chi connectivity index (χ4n) is 1.62. The molecule has 0 spiro atoms. The standard InChI is InChI=1S/C10H9F2NO/c11-8-2-1-5(3-9(8)12)6-4-7(6)10(13)14/h1-3,6-7H,4H2,(H2,13,14)/t6?,7-/m1/s1. The van der Waals surface area contributed by atoms with Gasteiger partial charge in [-0.1, -0.05) is 6.07 Å². The largest absolute Gasteiger partial charge is 0.369 e. The summed E-state index contributed by atoms with van der Waals surface area (Å²) in [6.07, 6.45) is 0.639. The molecule has 0 radical (unpaired) electrons. The van der Waals surface area contributed by atoms with Crippen LogP contribution in [0.1, 0.15) is 17.9 Å². The molecule has 0 aliphatic heterocycles. The molecule has 1 aromatic carbocycles. The van der Waals surface area contributed by atoms with Gasteiger partial charge in [-0.15, -0.1) is 0 Å². The Morgan fingerprint density at radius 3 is 2.57 bits per heavy atom. The summed E-state index contributed by atoms with van der Waals surface area (Å²) in [6, 6.07) is 3.69. The fraction of sp³-hybridized carbons (Fsp3) is 0.300. The predicted molar refractivity (Wildman–Crippen MR) is 46.4 cm³/mol. The Labute approximate surface area is 79.7 Å². The highest BCUT2D eigenvalue weighted by Gasteiger charge is 2.42. The first-order chi connectivity index (χ1) is 6.59. The lowest BCUT2D eigenvalue weighted by molar-refractivity contribution is -0.119. The summed E-state index contributed by atoms with van der Waals surface area (Å²) >= 11 is 0. The maximum absolute atomic E-state index is 12.8. The lowest BCUT2D eigenvalue weighted by Gasteiger charge is -1.99. The van der Waals surface area contributed by atoms with E-state index in [1.807, 2.05) is 0 Å². The van der Waals surface area contributed by atoms with Crippen LogP contribution in [0.5, 0.6) is 0 Å². The van der Waals surface area contributed by atoms with Gasteiger partial charge in [-0.3, -0.25) is 4.79 Å². The molecule has 0 bridgehead atoms. The van der Waals surface area contributed by atoms with E-state index >= 15 is 0 Å². The van der Waals surface area contributed by atoms with Gasteiger partial charge in [0.25, 0.3) is 0 Å². The van der Waals surface area contributed by atoms with Crippen LogP contribution in [-0.2, 0) is 4.79 Å². The number of carbonyl (C=O) groups excluding carboxylic acids is 1. The van der Waals surface area contributed by atoms with E-state index in [1.165, 1.54) is 6.07 Å². The van der Waals surface area contributed by atoms with Crippen molar-refractivity contribution in [3.8, 4) is 0 Å². The fourth-order valence-corrected chi connectivity index (χ4v) is 1.62. The van der Waals surface area contributed by atoms with Crippen LogP contribution in [0.4, 0.5) is 8.78 Å². The zero-order chi connectivity index (χ0) is 10.3. The van der Waals surface area contributed by atoms with Crippen molar-refractivity contribution in [2.24, 2.45) is 11.7 Å².